The van der Waals surface area contributed by atoms with Gasteiger partial charge in [0, 0.05) is 7.05 Å². The molecule has 0 aliphatic heterocycles. The lowest BCUT2D eigenvalue weighted by Gasteiger charge is -2.32. The van der Waals surface area contributed by atoms with Crippen molar-refractivity contribution in [2.45, 2.75) is 31.2 Å². The molecule has 5 nitrogen and oxygen atoms in total. The summed E-state index contributed by atoms with van der Waals surface area (Å²) in [5.74, 6) is -0.622. The zero-order valence-corrected chi connectivity index (χ0v) is 12.3. The van der Waals surface area contributed by atoms with Crippen LogP contribution in [-0.4, -0.2) is 37.0 Å². The molecule has 1 aromatic carbocycles. The van der Waals surface area contributed by atoms with E-state index >= 15 is 0 Å². The van der Waals surface area contributed by atoms with Gasteiger partial charge in [0.05, 0.1) is 22.7 Å². The van der Waals surface area contributed by atoms with Crippen molar-refractivity contribution < 1.29 is 17.9 Å². The monoisotopic (exact) mass is 290 g/mol. The highest BCUT2D eigenvalue weighted by Gasteiger charge is 2.34. The van der Waals surface area contributed by atoms with E-state index in [1.807, 2.05) is 0 Å². The smallest absolute Gasteiger partial charge is 0.243 e. The number of aryl methyl sites for hydroxylation is 1. The van der Waals surface area contributed by atoms with Gasteiger partial charge in [0.1, 0.15) is 5.82 Å². The van der Waals surface area contributed by atoms with Gasteiger partial charge in [-0.05, 0) is 38.5 Å². The first-order valence-corrected chi connectivity index (χ1v) is 7.13. The predicted molar refractivity (Wildman–Crippen MR) is 71.7 cm³/mol. The Morgan fingerprint density at radius 2 is 1.95 bits per heavy atom. The number of sulfonamides is 1. The summed E-state index contributed by atoms with van der Waals surface area (Å²) in [6.07, 6.45) is 0. The van der Waals surface area contributed by atoms with Crippen LogP contribution in [0.3, 0.4) is 0 Å². The first-order chi connectivity index (χ1) is 8.54. The van der Waals surface area contributed by atoms with Crippen LogP contribution >= 0.6 is 0 Å². The molecule has 0 unspecified atom stereocenters. The fraction of sp³-hybridized carbons (Fsp3) is 0.500. The zero-order valence-electron chi connectivity index (χ0n) is 11.4. The maximum absolute atomic E-state index is 13.4. The number of rotatable bonds is 4. The summed E-state index contributed by atoms with van der Waals surface area (Å²) < 4.78 is 39.3. The van der Waals surface area contributed by atoms with E-state index in [9.17, 15) is 17.9 Å². The molecule has 0 atom stereocenters. The van der Waals surface area contributed by atoms with Gasteiger partial charge in [0.25, 0.3) is 0 Å². The molecule has 0 radical (unpaired) electrons. The van der Waals surface area contributed by atoms with Crippen LogP contribution in [0.1, 0.15) is 19.4 Å². The molecular weight excluding hydrogens is 271 g/mol. The Balaban J connectivity index is 3.37. The Morgan fingerprint density at radius 3 is 2.37 bits per heavy atom. The minimum atomic E-state index is -3.84. The van der Waals surface area contributed by atoms with Crippen molar-refractivity contribution in [2.24, 2.45) is 0 Å². The molecule has 1 aromatic rings. The summed E-state index contributed by atoms with van der Waals surface area (Å²) in [4.78, 5) is -0.0899. The average molecular weight is 290 g/mol. The molecule has 7 heteroatoms. The number of nitrogens with two attached hydrogens (primary N) is 1. The molecule has 0 spiro atoms. The maximum atomic E-state index is 13.4. The minimum Gasteiger partial charge on any atom is -0.396 e. The summed E-state index contributed by atoms with van der Waals surface area (Å²) in [5, 5.41) is 9.24. The molecule has 0 saturated carbocycles. The first-order valence-electron chi connectivity index (χ1n) is 5.69. The van der Waals surface area contributed by atoms with E-state index in [1.165, 1.54) is 20.0 Å². The SMILES string of the molecule is Cc1cc(S(=O)(=O)N(C)C(C)(C)CO)cc(N)c1F. The molecule has 19 heavy (non-hydrogen) atoms. The van der Waals surface area contributed by atoms with Crippen LogP contribution in [0.5, 0.6) is 0 Å². The molecule has 1 rings (SSSR count). The highest BCUT2D eigenvalue weighted by atomic mass is 32.2. The third-order valence-electron chi connectivity index (χ3n) is 3.15. The van der Waals surface area contributed by atoms with Crippen molar-refractivity contribution in [1.29, 1.82) is 0 Å². The van der Waals surface area contributed by atoms with Gasteiger partial charge in [-0.2, -0.15) is 4.31 Å². The number of aliphatic hydroxyl groups excluding tert-OH is 1. The second-order valence-electron chi connectivity index (χ2n) is 5.09. The summed E-state index contributed by atoms with van der Waals surface area (Å²) in [7, 11) is -2.48. The van der Waals surface area contributed by atoms with Gasteiger partial charge in [0.15, 0.2) is 0 Å². The van der Waals surface area contributed by atoms with E-state index in [2.05, 4.69) is 0 Å². The van der Waals surface area contributed by atoms with E-state index in [0.29, 0.717) is 0 Å². The number of hydrogen-bond acceptors (Lipinski definition) is 4. The highest BCUT2D eigenvalue weighted by molar-refractivity contribution is 7.89. The number of aliphatic hydroxyl groups is 1. The molecule has 0 saturated heterocycles. The zero-order chi connectivity index (χ0) is 15.0. The quantitative estimate of drug-likeness (QED) is 0.814. The van der Waals surface area contributed by atoms with Crippen molar-refractivity contribution in [3.8, 4) is 0 Å². The third-order valence-corrected chi connectivity index (χ3v) is 5.20. The fourth-order valence-electron chi connectivity index (χ4n) is 1.49. The van der Waals surface area contributed by atoms with Gasteiger partial charge in [-0.25, -0.2) is 12.8 Å². The largest absolute Gasteiger partial charge is 0.396 e. The maximum Gasteiger partial charge on any atom is 0.243 e. The van der Waals surface area contributed by atoms with Crippen LogP contribution in [0.4, 0.5) is 10.1 Å². The molecule has 108 valence electrons. The molecule has 0 heterocycles. The fourth-order valence-corrected chi connectivity index (χ4v) is 3.12. The van der Waals surface area contributed by atoms with E-state index in [4.69, 9.17) is 5.73 Å². The molecule has 0 fully saturated rings. The molecule has 0 bridgehead atoms. The van der Waals surface area contributed by atoms with Crippen LogP contribution < -0.4 is 5.73 Å². The first kappa shape index (κ1) is 15.9. The number of nitrogen functional groups attached to an aromatic ring is 1. The third kappa shape index (κ3) is 2.88. The van der Waals surface area contributed by atoms with Crippen LogP contribution in [0.2, 0.25) is 0 Å². The normalized spacial score (nSPS) is 13.0. The minimum absolute atomic E-state index is 0.0899. The van der Waals surface area contributed by atoms with Gasteiger partial charge in [0.2, 0.25) is 10.0 Å². The molecule has 0 amide bonds. The molecule has 3 N–H and O–H groups in total. The van der Waals surface area contributed by atoms with Crippen LogP contribution in [0, 0.1) is 12.7 Å². The second kappa shape index (κ2) is 5.07. The summed E-state index contributed by atoms with van der Waals surface area (Å²) in [6, 6.07) is 2.31. The number of likely N-dealkylation sites (N-methyl/N-ethyl adjacent to an activating group) is 1. The van der Waals surface area contributed by atoms with Crippen molar-refractivity contribution in [3.63, 3.8) is 0 Å². The Hall–Kier alpha value is -1.18. The van der Waals surface area contributed by atoms with E-state index in [0.717, 1.165) is 10.4 Å². The molecule has 0 aliphatic rings. The van der Waals surface area contributed by atoms with Crippen LogP contribution in [-0.2, 0) is 10.0 Å². The topological polar surface area (TPSA) is 83.6 Å². The number of hydrogen-bond donors (Lipinski definition) is 2. The highest BCUT2D eigenvalue weighted by Crippen LogP contribution is 2.26. The standard InChI is InChI=1S/C12H19FN2O3S/c1-8-5-9(6-10(14)11(8)13)19(17,18)15(4)12(2,3)7-16/h5-6,16H,7,14H2,1-4H3. The van der Waals surface area contributed by atoms with Crippen molar-refractivity contribution in [1.82, 2.24) is 4.31 Å². The number of nitrogens with zero attached hydrogens (tertiary/aromatic N) is 1. The Bertz CT molecular complexity index is 562. The van der Waals surface area contributed by atoms with Crippen LogP contribution in [0.25, 0.3) is 0 Å². The lowest BCUT2D eigenvalue weighted by molar-refractivity contribution is 0.138. The summed E-state index contributed by atoms with van der Waals surface area (Å²) in [5.41, 5.74) is 4.44. The van der Waals surface area contributed by atoms with Gasteiger partial charge in [-0.1, -0.05) is 0 Å². The van der Waals surface area contributed by atoms with Crippen molar-refractivity contribution >= 4 is 15.7 Å². The lowest BCUT2D eigenvalue weighted by Crippen LogP contribution is -2.47. The average Bonchev–Trinajstić information content (AvgIpc) is 2.34. The summed E-state index contributed by atoms with van der Waals surface area (Å²) in [6.45, 7) is 4.29. The Kier molecular flexibility index (Phi) is 4.23. The predicted octanol–water partition coefficient (Wildman–Crippen LogP) is 1.11. The van der Waals surface area contributed by atoms with Gasteiger partial charge in [-0.15, -0.1) is 0 Å². The van der Waals surface area contributed by atoms with Gasteiger partial charge in [-0.3, -0.25) is 0 Å². The van der Waals surface area contributed by atoms with E-state index in [-0.39, 0.29) is 22.8 Å². The van der Waals surface area contributed by atoms with Crippen LogP contribution in [0.15, 0.2) is 17.0 Å². The number of halogens is 1. The van der Waals surface area contributed by atoms with Crippen molar-refractivity contribution in [2.75, 3.05) is 19.4 Å². The molecular formula is C12H19FN2O3S. The molecule has 0 aliphatic carbocycles. The van der Waals surface area contributed by atoms with E-state index < -0.39 is 21.4 Å². The summed E-state index contributed by atoms with van der Waals surface area (Å²) >= 11 is 0. The lowest BCUT2D eigenvalue weighted by atomic mass is 10.1. The van der Waals surface area contributed by atoms with E-state index in [1.54, 1.807) is 13.8 Å². The Morgan fingerprint density at radius 1 is 1.42 bits per heavy atom. The Labute approximate surface area is 112 Å². The number of anilines is 1. The van der Waals surface area contributed by atoms with Gasteiger partial charge >= 0.3 is 0 Å². The van der Waals surface area contributed by atoms with Crippen molar-refractivity contribution in [3.05, 3.63) is 23.5 Å². The number of benzene rings is 1. The second-order valence-corrected chi connectivity index (χ2v) is 7.06. The van der Waals surface area contributed by atoms with Gasteiger partial charge < -0.3 is 10.8 Å². The molecule has 0 aromatic heterocycles.